The molecule has 0 unspecified atom stereocenters. The fourth-order valence-electron chi connectivity index (χ4n) is 3.14. The van der Waals surface area contributed by atoms with Gasteiger partial charge in [0.15, 0.2) is 5.16 Å². The van der Waals surface area contributed by atoms with Crippen LogP contribution >= 0.6 is 23.4 Å². The first kappa shape index (κ1) is 24.0. The van der Waals surface area contributed by atoms with E-state index in [1.54, 1.807) is 55.6 Å². The van der Waals surface area contributed by atoms with E-state index >= 15 is 0 Å². The van der Waals surface area contributed by atoms with Crippen LogP contribution in [0.2, 0.25) is 5.15 Å². The zero-order valence-corrected chi connectivity index (χ0v) is 20.0. The maximum atomic E-state index is 12.5. The predicted molar refractivity (Wildman–Crippen MR) is 136 cm³/mol. The Morgan fingerprint density at radius 2 is 2.00 bits per heavy atom. The number of aromatic amines is 1. The number of nitrogens with zero attached hydrogens (tertiary/aromatic N) is 3. The molecule has 0 atom stereocenters. The average Bonchev–Trinajstić information content (AvgIpc) is 2.88. The summed E-state index contributed by atoms with van der Waals surface area (Å²) in [6, 6.07) is 17.5. The number of anilines is 1. The number of nitrogens with one attached hydrogen (secondary N) is 2. The van der Waals surface area contributed by atoms with Crippen molar-refractivity contribution in [3.63, 3.8) is 0 Å². The number of thioether (sulfide) groups is 1. The maximum Gasteiger partial charge on any atom is 0.276 e. The lowest BCUT2D eigenvalue weighted by Gasteiger charge is -2.09. The van der Waals surface area contributed by atoms with Crippen molar-refractivity contribution >= 4 is 40.6 Å². The van der Waals surface area contributed by atoms with Crippen molar-refractivity contribution < 1.29 is 9.53 Å². The van der Waals surface area contributed by atoms with Crippen LogP contribution in [0.15, 0.2) is 76.8 Å². The number of carbonyl (C=O) groups is 1. The Morgan fingerprint density at radius 3 is 2.69 bits per heavy atom. The third-order valence-electron chi connectivity index (χ3n) is 4.91. The summed E-state index contributed by atoms with van der Waals surface area (Å²) in [6.07, 6.45) is 1.41. The number of carbonyl (C=O) groups excluding carboxylic acids is 1. The standard InChI is InChI=1S/C25H18ClN5O3S/c1-27-22-21(16-4-3-5-19(12-16)34-2)30-25(31-24(22)33)35-14-15-6-9-18(10-7-15)29-23(32)17-8-11-20(26)28-13-17/h3-13H,14H2,2H3,(H,29,32)(H,30,31,33). The van der Waals surface area contributed by atoms with Crippen LogP contribution in [0.5, 0.6) is 5.75 Å². The van der Waals surface area contributed by atoms with Gasteiger partial charge in [0.1, 0.15) is 10.9 Å². The lowest BCUT2D eigenvalue weighted by Crippen LogP contribution is -2.12. The van der Waals surface area contributed by atoms with Gasteiger partial charge in [0, 0.05) is 17.6 Å². The molecule has 0 bridgehead atoms. The molecule has 0 saturated carbocycles. The van der Waals surface area contributed by atoms with E-state index in [0.29, 0.717) is 44.3 Å². The Labute approximate surface area is 210 Å². The number of ether oxygens (including phenoxy) is 1. The number of halogens is 1. The summed E-state index contributed by atoms with van der Waals surface area (Å²) in [4.78, 5) is 39.3. The minimum atomic E-state index is -0.495. The molecule has 2 aromatic heterocycles. The molecule has 4 rings (SSSR count). The summed E-state index contributed by atoms with van der Waals surface area (Å²) in [6.45, 7) is 7.40. The van der Waals surface area contributed by atoms with Crippen LogP contribution in [-0.2, 0) is 5.75 Å². The molecule has 2 aromatic carbocycles. The minimum Gasteiger partial charge on any atom is -0.497 e. The monoisotopic (exact) mass is 503 g/mol. The van der Waals surface area contributed by atoms with E-state index in [4.69, 9.17) is 22.9 Å². The zero-order chi connectivity index (χ0) is 24.8. The third-order valence-corrected chi connectivity index (χ3v) is 6.07. The first-order valence-corrected chi connectivity index (χ1v) is 11.6. The number of pyridine rings is 1. The van der Waals surface area contributed by atoms with Crippen molar-refractivity contribution in [2.24, 2.45) is 0 Å². The predicted octanol–water partition coefficient (Wildman–Crippen LogP) is 5.59. The quantitative estimate of drug-likeness (QED) is 0.147. The smallest absolute Gasteiger partial charge is 0.276 e. The number of rotatable bonds is 7. The lowest BCUT2D eigenvalue weighted by molar-refractivity contribution is 0.102. The molecular weight excluding hydrogens is 486 g/mol. The number of benzene rings is 2. The van der Waals surface area contributed by atoms with Gasteiger partial charge >= 0.3 is 0 Å². The molecule has 0 spiro atoms. The van der Waals surface area contributed by atoms with Crippen LogP contribution in [0.25, 0.3) is 16.1 Å². The van der Waals surface area contributed by atoms with E-state index in [1.807, 2.05) is 12.1 Å². The summed E-state index contributed by atoms with van der Waals surface area (Å²) in [5.74, 6) is 0.838. The number of amides is 1. The summed E-state index contributed by atoms with van der Waals surface area (Å²) in [7, 11) is 1.55. The van der Waals surface area contributed by atoms with Gasteiger partial charge in [-0.2, -0.15) is 0 Å². The number of methoxy groups -OCH3 is 1. The van der Waals surface area contributed by atoms with Gasteiger partial charge in [-0.15, -0.1) is 0 Å². The van der Waals surface area contributed by atoms with Crippen LogP contribution in [0, 0.1) is 6.57 Å². The highest BCUT2D eigenvalue weighted by Crippen LogP contribution is 2.30. The van der Waals surface area contributed by atoms with E-state index in [2.05, 4.69) is 25.1 Å². The number of H-pyrrole nitrogens is 1. The fraction of sp³-hybridized carbons (Fsp3) is 0.0800. The van der Waals surface area contributed by atoms with Crippen LogP contribution < -0.4 is 15.6 Å². The second-order valence-electron chi connectivity index (χ2n) is 7.22. The summed E-state index contributed by atoms with van der Waals surface area (Å²) in [5, 5.41) is 3.52. The van der Waals surface area contributed by atoms with Gasteiger partial charge in [-0.05, 0) is 47.5 Å². The molecule has 4 aromatic rings. The Hall–Kier alpha value is -4.13. The molecule has 0 aliphatic carbocycles. The molecule has 10 heteroatoms. The summed E-state index contributed by atoms with van der Waals surface area (Å²) >= 11 is 7.09. The molecule has 0 aliphatic rings. The van der Waals surface area contributed by atoms with Gasteiger partial charge in [0.05, 0.1) is 24.9 Å². The Bertz CT molecular complexity index is 1460. The minimum absolute atomic E-state index is 0.0708. The average molecular weight is 504 g/mol. The molecule has 2 heterocycles. The first-order valence-electron chi connectivity index (χ1n) is 10.3. The van der Waals surface area contributed by atoms with Crippen molar-refractivity contribution in [1.29, 1.82) is 0 Å². The normalized spacial score (nSPS) is 10.4. The summed E-state index contributed by atoms with van der Waals surface area (Å²) < 4.78 is 5.25. The number of hydrogen-bond acceptors (Lipinski definition) is 6. The van der Waals surface area contributed by atoms with E-state index in [0.717, 1.165) is 5.56 Å². The van der Waals surface area contributed by atoms with Crippen molar-refractivity contribution in [3.8, 4) is 17.0 Å². The second-order valence-corrected chi connectivity index (χ2v) is 8.57. The Morgan fingerprint density at radius 1 is 1.20 bits per heavy atom. The third kappa shape index (κ3) is 5.87. The molecule has 0 radical (unpaired) electrons. The van der Waals surface area contributed by atoms with Crippen LogP contribution in [0.3, 0.4) is 0 Å². The van der Waals surface area contributed by atoms with Crippen molar-refractivity contribution in [2.75, 3.05) is 12.4 Å². The van der Waals surface area contributed by atoms with E-state index in [9.17, 15) is 9.59 Å². The largest absolute Gasteiger partial charge is 0.497 e. The van der Waals surface area contributed by atoms with Gasteiger partial charge in [0.2, 0.25) is 0 Å². The van der Waals surface area contributed by atoms with Crippen molar-refractivity contribution in [1.82, 2.24) is 15.0 Å². The first-order chi connectivity index (χ1) is 17.0. The van der Waals surface area contributed by atoms with Gasteiger partial charge in [-0.25, -0.2) is 14.8 Å². The van der Waals surface area contributed by atoms with E-state index in [-0.39, 0.29) is 11.6 Å². The molecule has 1 amide bonds. The van der Waals surface area contributed by atoms with Crippen molar-refractivity contribution in [3.05, 3.63) is 105 Å². The highest BCUT2D eigenvalue weighted by Gasteiger charge is 2.15. The highest BCUT2D eigenvalue weighted by molar-refractivity contribution is 7.98. The lowest BCUT2D eigenvalue weighted by atomic mass is 10.1. The Balaban J connectivity index is 1.47. The molecular formula is C25H18ClN5O3S. The zero-order valence-electron chi connectivity index (χ0n) is 18.4. The molecule has 0 aliphatic heterocycles. The molecule has 0 fully saturated rings. The van der Waals surface area contributed by atoms with Crippen LogP contribution in [-0.4, -0.2) is 28.0 Å². The Kier molecular flexibility index (Phi) is 7.45. The van der Waals surface area contributed by atoms with Crippen molar-refractivity contribution in [2.45, 2.75) is 10.9 Å². The molecule has 0 saturated heterocycles. The topological polar surface area (TPSA) is 101 Å². The van der Waals surface area contributed by atoms with Gasteiger partial charge in [0.25, 0.3) is 17.2 Å². The fourth-order valence-corrected chi connectivity index (χ4v) is 4.07. The molecule has 2 N–H and O–H groups in total. The van der Waals surface area contributed by atoms with E-state index < -0.39 is 5.56 Å². The van der Waals surface area contributed by atoms with Gasteiger partial charge in [-0.1, -0.05) is 47.6 Å². The highest BCUT2D eigenvalue weighted by atomic mass is 35.5. The number of aromatic nitrogens is 3. The van der Waals surface area contributed by atoms with Gasteiger partial charge in [-0.3, -0.25) is 9.59 Å². The molecule has 35 heavy (non-hydrogen) atoms. The van der Waals surface area contributed by atoms with Gasteiger partial charge < -0.3 is 15.0 Å². The maximum absolute atomic E-state index is 12.5. The molecule has 8 nitrogen and oxygen atoms in total. The van der Waals surface area contributed by atoms with E-state index in [1.165, 1.54) is 18.0 Å². The molecule has 174 valence electrons. The summed E-state index contributed by atoms with van der Waals surface area (Å²) in [5.41, 5.74) is 2.36. The SMILES string of the molecule is [C-]#[N+]c1c(-c2cccc(OC)c2)nc(SCc2ccc(NC(=O)c3ccc(Cl)nc3)cc2)[nH]c1=O. The van der Waals surface area contributed by atoms with Crippen LogP contribution in [0.4, 0.5) is 11.4 Å². The second kappa shape index (κ2) is 10.9. The van der Waals surface area contributed by atoms with Crippen LogP contribution in [0.1, 0.15) is 15.9 Å². The number of hydrogen-bond donors (Lipinski definition) is 2.